The van der Waals surface area contributed by atoms with Crippen molar-refractivity contribution in [2.75, 3.05) is 11.9 Å². The average molecular weight is 375 g/mol. The molecule has 0 bridgehead atoms. The first-order chi connectivity index (χ1) is 12.8. The van der Waals surface area contributed by atoms with Crippen LogP contribution in [-0.4, -0.2) is 46.4 Å². The van der Waals surface area contributed by atoms with Crippen molar-refractivity contribution in [1.29, 1.82) is 0 Å². The molecule has 4 rings (SSSR count). The summed E-state index contributed by atoms with van der Waals surface area (Å²) in [5.41, 5.74) is -0.840. The van der Waals surface area contributed by atoms with E-state index in [0.717, 1.165) is 6.42 Å². The summed E-state index contributed by atoms with van der Waals surface area (Å²) in [6.07, 6.45) is 0.503. The molecule has 1 aromatic rings. The quantitative estimate of drug-likeness (QED) is 0.674. The zero-order chi connectivity index (χ0) is 19.5. The molecule has 0 radical (unpaired) electrons. The number of unbranched alkanes of at least 4 members (excludes halogenated alkanes) is 1. The number of aliphatic hydroxyl groups is 1. The van der Waals surface area contributed by atoms with Crippen molar-refractivity contribution in [2.24, 2.45) is 11.8 Å². The third-order valence-corrected chi connectivity index (χ3v) is 5.96. The Morgan fingerprint density at radius 2 is 2.04 bits per heavy atom. The number of anilines is 1. The van der Waals surface area contributed by atoms with E-state index in [1.807, 2.05) is 6.92 Å². The van der Waals surface area contributed by atoms with Gasteiger partial charge in [0, 0.05) is 23.8 Å². The highest BCUT2D eigenvalue weighted by atomic mass is 19.1. The van der Waals surface area contributed by atoms with Crippen LogP contribution in [0.3, 0.4) is 0 Å². The number of fused-ring (bicyclic) bond motifs is 4. The minimum atomic E-state index is -1.56. The summed E-state index contributed by atoms with van der Waals surface area (Å²) in [7, 11) is 0. The van der Waals surface area contributed by atoms with Crippen molar-refractivity contribution >= 4 is 23.4 Å². The first-order valence-corrected chi connectivity index (χ1v) is 9.25. The number of benzene rings is 1. The number of halogens is 1. The predicted molar refractivity (Wildman–Crippen MR) is 93.9 cm³/mol. The molecule has 0 unspecified atom stereocenters. The van der Waals surface area contributed by atoms with Gasteiger partial charge in [-0.05, 0) is 31.5 Å². The lowest BCUT2D eigenvalue weighted by atomic mass is 9.76. The lowest BCUT2D eigenvalue weighted by Crippen LogP contribution is -2.54. The molecule has 5 atom stereocenters. The molecule has 27 heavy (non-hydrogen) atoms. The van der Waals surface area contributed by atoms with Crippen LogP contribution in [0.4, 0.5) is 10.1 Å². The van der Waals surface area contributed by atoms with Gasteiger partial charge in [-0.25, -0.2) is 4.39 Å². The molecule has 0 aliphatic carbocycles. The molecule has 1 spiro atoms. The van der Waals surface area contributed by atoms with E-state index in [4.69, 9.17) is 0 Å². The summed E-state index contributed by atoms with van der Waals surface area (Å²) in [5.74, 6) is -3.74. The van der Waals surface area contributed by atoms with Crippen molar-refractivity contribution in [3.8, 4) is 0 Å². The largest absolute Gasteiger partial charge is 0.392 e. The van der Waals surface area contributed by atoms with E-state index in [2.05, 4.69) is 10.6 Å². The summed E-state index contributed by atoms with van der Waals surface area (Å²) in [5, 5.41) is 16.0. The van der Waals surface area contributed by atoms with Gasteiger partial charge in [-0.3, -0.25) is 24.6 Å². The fraction of sp³-hybridized carbons (Fsp3) is 0.526. The third-order valence-electron chi connectivity index (χ3n) is 5.96. The van der Waals surface area contributed by atoms with E-state index < -0.39 is 47.2 Å². The summed E-state index contributed by atoms with van der Waals surface area (Å²) < 4.78 is 14.0. The van der Waals surface area contributed by atoms with Crippen LogP contribution >= 0.6 is 0 Å². The highest BCUT2D eigenvalue weighted by molar-refractivity contribution is 6.15. The van der Waals surface area contributed by atoms with E-state index in [-0.39, 0.29) is 12.5 Å². The number of nitrogens with zero attached hydrogens (tertiary/aromatic N) is 1. The van der Waals surface area contributed by atoms with E-state index in [1.165, 1.54) is 30.0 Å². The fourth-order valence-corrected chi connectivity index (χ4v) is 4.71. The maximum absolute atomic E-state index is 14.0. The van der Waals surface area contributed by atoms with Gasteiger partial charge < -0.3 is 10.4 Å². The number of hydrogen-bond acceptors (Lipinski definition) is 5. The number of carbonyl (C=O) groups is 3. The van der Waals surface area contributed by atoms with Crippen LogP contribution in [0.1, 0.15) is 32.3 Å². The lowest BCUT2D eigenvalue weighted by molar-refractivity contribution is -0.143. The maximum Gasteiger partial charge on any atom is 0.250 e. The SMILES string of the molecule is CCCCN1C(=O)[C@@H]2[C@H]([C@H](C)O)N[C@@]3(C(=O)Nc4ccc(F)cc43)[C@@H]2C1=O. The molecular formula is C19H22FN3O4. The first-order valence-electron chi connectivity index (χ1n) is 9.25. The number of nitrogens with one attached hydrogen (secondary N) is 2. The molecule has 2 saturated heterocycles. The number of amides is 3. The smallest absolute Gasteiger partial charge is 0.250 e. The zero-order valence-corrected chi connectivity index (χ0v) is 15.2. The second kappa shape index (κ2) is 6.10. The number of aliphatic hydroxyl groups excluding tert-OH is 1. The number of imide groups is 1. The predicted octanol–water partition coefficient (Wildman–Crippen LogP) is 0.727. The topological polar surface area (TPSA) is 98.7 Å². The number of carbonyl (C=O) groups excluding carboxylic acids is 3. The Kier molecular flexibility index (Phi) is 4.08. The van der Waals surface area contributed by atoms with Crippen molar-refractivity contribution < 1.29 is 23.9 Å². The van der Waals surface area contributed by atoms with Gasteiger partial charge in [-0.1, -0.05) is 13.3 Å². The minimum absolute atomic E-state index is 0.279. The molecule has 3 amide bonds. The van der Waals surface area contributed by atoms with Gasteiger partial charge in [0.1, 0.15) is 11.4 Å². The van der Waals surface area contributed by atoms with Gasteiger partial charge in [-0.15, -0.1) is 0 Å². The van der Waals surface area contributed by atoms with Gasteiger partial charge in [0.15, 0.2) is 0 Å². The fourth-order valence-electron chi connectivity index (χ4n) is 4.71. The Balaban J connectivity index is 1.86. The average Bonchev–Trinajstić information content (AvgIpc) is 3.20. The summed E-state index contributed by atoms with van der Waals surface area (Å²) in [4.78, 5) is 40.4. The van der Waals surface area contributed by atoms with Crippen LogP contribution in [0.5, 0.6) is 0 Å². The second-order valence-corrected chi connectivity index (χ2v) is 7.55. The first kappa shape index (κ1) is 18.1. The van der Waals surface area contributed by atoms with Gasteiger partial charge in [-0.2, -0.15) is 0 Å². The van der Waals surface area contributed by atoms with Gasteiger partial charge in [0.25, 0.3) is 0 Å². The molecule has 8 heteroatoms. The van der Waals surface area contributed by atoms with Crippen molar-refractivity contribution in [3.63, 3.8) is 0 Å². The Labute approximate surface area is 155 Å². The molecular weight excluding hydrogens is 353 g/mol. The Morgan fingerprint density at radius 3 is 2.70 bits per heavy atom. The molecule has 1 aromatic carbocycles. The lowest BCUT2D eigenvalue weighted by Gasteiger charge is -2.30. The van der Waals surface area contributed by atoms with E-state index >= 15 is 0 Å². The maximum atomic E-state index is 14.0. The highest BCUT2D eigenvalue weighted by Crippen LogP contribution is 2.53. The van der Waals surface area contributed by atoms with E-state index in [1.54, 1.807) is 0 Å². The molecule has 144 valence electrons. The summed E-state index contributed by atoms with van der Waals surface area (Å²) in [6, 6.07) is 3.11. The molecule has 7 nitrogen and oxygen atoms in total. The van der Waals surface area contributed by atoms with Gasteiger partial charge in [0.2, 0.25) is 17.7 Å². The summed E-state index contributed by atoms with van der Waals surface area (Å²) in [6.45, 7) is 3.75. The van der Waals surface area contributed by atoms with Crippen molar-refractivity contribution in [2.45, 2.75) is 44.4 Å². The molecule has 3 N–H and O–H groups in total. The Bertz CT molecular complexity index is 842. The van der Waals surface area contributed by atoms with E-state index in [0.29, 0.717) is 17.7 Å². The highest BCUT2D eigenvalue weighted by Gasteiger charge is 2.71. The van der Waals surface area contributed by atoms with Gasteiger partial charge >= 0.3 is 0 Å². The number of likely N-dealkylation sites (tertiary alicyclic amines) is 1. The van der Waals surface area contributed by atoms with Gasteiger partial charge in [0.05, 0.1) is 17.9 Å². The normalized spacial score (nSPS) is 32.8. The monoisotopic (exact) mass is 375 g/mol. The van der Waals surface area contributed by atoms with Crippen molar-refractivity contribution in [1.82, 2.24) is 10.2 Å². The van der Waals surface area contributed by atoms with Crippen LogP contribution in [0.15, 0.2) is 18.2 Å². The molecule has 3 aliphatic heterocycles. The molecule has 0 aromatic heterocycles. The summed E-state index contributed by atoms with van der Waals surface area (Å²) >= 11 is 0. The molecule has 3 aliphatic rings. The molecule has 0 saturated carbocycles. The standard InChI is InChI=1S/C19H22FN3O4/c1-3-4-7-23-16(25)13-14(17(23)26)19(22-15(13)9(2)24)11-8-10(20)5-6-12(11)21-18(19)27/h5-6,8-9,13-15,22,24H,3-4,7H2,1-2H3,(H,21,27)/t9-,13-,14-,15-,19+/m0/s1. The molecule has 2 fully saturated rings. The van der Waals surface area contributed by atoms with Crippen LogP contribution in [0.2, 0.25) is 0 Å². The van der Waals surface area contributed by atoms with Crippen LogP contribution in [-0.2, 0) is 19.9 Å². The van der Waals surface area contributed by atoms with Crippen molar-refractivity contribution in [3.05, 3.63) is 29.6 Å². The van der Waals surface area contributed by atoms with Crippen LogP contribution < -0.4 is 10.6 Å². The zero-order valence-electron chi connectivity index (χ0n) is 15.2. The molecule has 3 heterocycles. The number of hydrogen-bond donors (Lipinski definition) is 3. The Morgan fingerprint density at radius 1 is 1.30 bits per heavy atom. The van der Waals surface area contributed by atoms with E-state index in [9.17, 15) is 23.9 Å². The second-order valence-electron chi connectivity index (χ2n) is 7.55. The van der Waals surface area contributed by atoms with Crippen LogP contribution in [0, 0.1) is 17.7 Å². The van der Waals surface area contributed by atoms with Crippen LogP contribution in [0.25, 0.3) is 0 Å². The third kappa shape index (κ3) is 2.29. The Hall–Kier alpha value is -2.32. The minimum Gasteiger partial charge on any atom is -0.392 e. The number of rotatable bonds is 4.